The van der Waals surface area contributed by atoms with Crippen molar-refractivity contribution in [3.05, 3.63) is 48.0 Å². The topological polar surface area (TPSA) is 117 Å². The molecule has 5 atom stereocenters. The van der Waals surface area contributed by atoms with Gasteiger partial charge in [-0.05, 0) is 49.2 Å². The lowest BCUT2D eigenvalue weighted by Crippen LogP contribution is -2.51. The number of benzene rings is 2. The van der Waals surface area contributed by atoms with Crippen molar-refractivity contribution in [1.82, 2.24) is 0 Å². The Balaban J connectivity index is 1.77. The first-order valence-corrected chi connectivity index (χ1v) is 15.0. The second-order valence-corrected chi connectivity index (χ2v) is 14.7. The van der Waals surface area contributed by atoms with Crippen LogP contribution in [0.4, 0.5) is 11.4 Å². The fourth-order valence-electron chi connectivity index (χ4n) is 5.85. The van der Waals surface area contributed by atoms with Gasteiger partial charge < -0.3 is 30.3 Å². The highest BCUT2D eigenvalue weighted by Gasteiger charge is 2.64. The highest BCUT2D eigenvalue weighted by molar-refractivity contribution is 6.91. The number of rotatable bonds is 7. The van der Waals surface area contributed by atoms with Gasteiger partial charge in [0.1, 0.15) is 11.9 Å². The molecule has 2 aromatic carbocycles. The summed E-state index contributed by atoms with van der Waals surface area (Å²) in [6, 6.07) is 13.3. The van der Waals surface area contributed by atoms with Gasteiger partial charge in [-0.2, -0.15) is 0 Å². The van der Waals surface area contributed by atoms with Crippen LogP contribution in [0.2, 0.25) is 18.6 Å². The van der Waals surface area contributed by atoms with E-state index in [0.29, 0.717) is 23.4 Å². The Hall–Kier alpha value is -2.72. The average molecular weight is 499 g/mol. The molecule has 1 saturated heterocycles. The third kappa shape index (κ3) is 4.16. The van der Waals surface area contributed by atoms with Crippen LogP contribution in [-0.2, 0) is 19.9 Å². The molecule has 0 unspecified atom stereocenters. The number of hydrogen-bond donors (Lipinski definition) is 4. The Morgan fingerprint density at radius 2 is 1.94 bits per heavy atom. The second kappa shape index (κ2) is 9.38. The summed E-state index contributed by atoms with van der Waals surface area (Å²) in [6.45, 7) is 7.95. The van der Waals surface area contributed by atoms with Crippen LogP contribution in [0.25, 0.3) is 0 Å². The van der Waals surface area contributed by atoms with Crippen LogP contribution in [0.15, 0.2) is 42.5 Å². The molecule has 188 valence electrons. The number of methoxy groups -OCH3 is 1. The molecule has 35 heavy (non-hydrogen) atoms. The summed E-state index contributed by atoms with van der Waals surface area (Å²) in [5.41, 5.74) is 0.598. The van der Waals surface area contributed by atoms with Gasteiger partial charge >= 0.3 is 0 Å². The Labute approximate surface area is 206 Å². The number of anilines is 2. The summed E-state index contributed by atoms with van der Waals surface area (Å²) in [4.78, 5) is 25.6. The van der Waals surface area contributed by atoms with Gasteiger partial charge in [-0.15, -0.1) is 0 Å². The summed E-state index contributed by atoms with van der Waals surface area (Å²) in [7, 11) is -0.581. The molecule has 0 radical (unpaired) electrons. The number of carbonyl (C=O) groups excluding carboxylic acids is 2. The van der Waals surface area contributed by atoms with Crippen molar-refractivity contribution < 1.29 is 29.3 Å². The monoisotopic (exact) mass is 498 g/mol. The zero-order valence-corrected chi connectivity index (χ0v) is 21.8. The van der Waals surface area contributed by atoms with E-state index in [1.54, 1.807) is 25.3 Å². The minimum atomic E-state index is -2.22. The normalized spacial score (nSPS) is 26.4. The maximum Gasteiger partial charge on any atom is 0.261 e. The summed E-state index contributed by atoms with van der Waals surface area (Å²) in [6.07, 6.45) is -1.05. The number of fused-ring (bicyclic) bond motifs is 2. The lowest BCUT2D eigenvalue weighted by Gasteiger charge is -2.37. The smallest absolute Gasteiger partial charge is 0.261 e. The molecule has 2 heterocycles. The van der Waals surface area contributed by atoms with E-state index in [0.717, 1.165) is 5.75 Å². The molecule has 2 amide bonds. The van der Waals surface area contributed by atoms with Crippen molar-refractivity contribution >= 4 is 36.4 Å². The molecule has 0 saturated carbocycles. The zero-order valence-electron chi connectivity index (χ0n) is 20.8. The molecule has 8 nitrogen and oxygen atoms in total. The van der Waals surface area contributed by atoms with Gasteiger partial charge in [0.05, 0.1) is 21.3 Å². The van der Waals surface area contributed by atoms with Gasteiger partial charge in [-0.3, -0.25) is 9.59 Å². The van der Waals surface area contributed by atoms with Gasteiger partial charge in [0, 0.05) is 29.5 Å². The summed E-state index contributed by atoms with van der Waals surface area (Å²) >= 11 is 0. The van der Waals surface area contributed by atoms with Crippen molar-refractivity contribution in [2.75, 3.05) is 24.4 Å². The van der Waals surface area contributed by atoms with Crippen LogP contribution in [-0.4, -0.2) is 56.0 Å². The predicted octanol–water partition coefficient (Wildman–Crippen LogP) is 2.56. The third-order valence-electron chi connectivity index (χ3n) is 7.65. The molecule has 4 N–H and O–H groups in total. The molecule has 2 aliphatic heterocycles. The van der Waals surface area contributed by atoms with Gasteiger partial charge in [0.2, 0.25) is 0 Å². The maximum atomic E-state index is 13.5. The number of nitrogens with one attached hydrogen (secondary N) is 2. The molecular formula is C26H34N2O6Si. The highest BCUT2D eigenvalue weighted by Crippen LogP contribution is 2.58. The molecule has 0 aromatic heterocycles. The lowest BCUT2D eigenvalue weighted by atomic mass is 9.82. The Morgan fingerprint density at radius 1 is 1.26 bits per heavy atom. The molecule has 4 rings (SSSR count). The van der Waals surface area contributed by atoms with Crippen molar-refractivity contribution in [3.8, 4) is 5.75 Å². The minimum Gasteiger partial charge on any atom is -0.497 e. The molecule has 1 fully saturated rings. The number of hydrogen-bond acceptors (Lipinski definition) is 6. The van der Waals surface area contributed by atoms with E-state index >= 15 is 0 Å². The first kappa shape index (κ1) is 25.4. The van der Waals surface area contributed by atoms with E-state index in [-0.39, 0.29) is 30.1 Å². The number of aliphatic hydroxyl groups is 2. The van der Waals surface area contributed by atoms with E-state index in [4.69, 9.17) is 9.47 Å². The molecule has 0 bridgehead atoms. The van der Waals surface area contributed by atoms with Gasteiger partial charge in [0.15, 0.2) is 5.60 Å². The van der Waals surface area contributed by atoms with E-state index < -0.39 is 25.7 Å². The van der Waals surface area contributed by atoms with Crippen LogP contribution in [0.3, 0.4) is 0 Å². The highest BCUT2D eigenvalue weighted by atomic mass is 28.3. The first-order chi connectivity index (χ1) is 16.6. The maximum absolute atomic E-state index is 13.5. The number of carbonyl (C=O) groups is 2. The number of amides is 2. The first-order valence-electron chi connectivity index (χ1n) is 11.9. The van der Waals surface area contributed by atoms with Gasteiger partial charge in [-0.1, -0.05) is 37.3 Å². The van der Waals surface area contributed by atoms with Crippen molar-refractivity contribution in [2.45, 2.75) is 56.7 Å². The Morgan fingerprint density at radius 3 is 2.54 bits per heavy atom. The standard InChI is InChI=1S/C26H34N2O6Si/c1-15-23(35(4,5)19-9-7-18(33-3)8-10-19)22(12-13-29)34-26(15)20-14-17(27-24(31)16(2)30)6-11-21(20)28-25(26)32/h6-11,14-16,22-23,29-30H,12-13H2,1-5H3,(H,27,31)(H,28,32)/t15-,16-,22+,23-,26+/m0/s1. The second-order valence-electron chi connectivity index (χ2n) is 10.0. The van der Waals surface area contributed by atoms with E-state index in [1.165, 1.54) is 12.1 Å². The van der Waals surface area contributed by atoms with Crippen LogP contribution in [0.5, 0.6) is 5.75 Å². The molecular weight excluding hydrogens is 464 g/mol. The molecule has 2 aliphatic rings. The minimum absolute atomic E-state index is 0.0375. The van der Waals surface area contributed by atoms with E-state index in [2.05, 4.69) is 42.8 Å². The van der Waals surface area contributed by atoms with Crippen LogP contribution in [0.1, 0.15) is 25.8 Å². The van der Waals surface area contributed by atoms with Crippen LogP contribution in [0, 0.1) is 5.92 Å². The fraction of sp³-hybridized carbons (Fsp3) is 0.462. The average Bonchev–Trinajstić information content (AvgIpc) is 3.28. The predicted molar refractivity (Wildman–Crippen MR) is 137 cm³/mol. The van der Waals surface area contributed by atoms with Gasteiger partial charge in [0.25, 0.3) is 11.8 Å². The Bertz CT molecular complexity index is 1120. The lowest BCUT2D eigenvalue weighted by molar-refractivity contribution is -0.143. The number of ether oxygens (including phenoxy) is 2. The quantitative estimate of drug-likeness (QED) is 0.436. The SMILES string of the molecule is COc1ccc([Si](C)(C)[C@@H]2[C@@H](CCO)O[C@]3(C(=O)Nc4ccc(NC(=O)[C@H](C)O)cc43)[C@H]2C)cc1. The van der Waals surface area contributed by atoms with Gasteiger partial charge in [-0.25, -0.2) is 0 Å². The molecule has 1 spiro atoms. The molecule has 0 aliphatic carbocycles. The van der Waals surface area contributed by atoms with Crippen molar-refractivity contribution in [1.29, 1.82) is 0 Å². The molecule has 2 aromatic rings. The van der Waals surface area contributed by atoms with E-state index in [9.17, 15) is 19.8 Å². The third-order valence-corrected chi connectivity index (χ3v) is 12.0. The fourth-order valence-corrected chi connectivity index (χ4v) is 9.91. The van der Waals surface area contributed by atoms with Crippen LogP contribution >= 0.6 is 0 Å². The van der Waals surface area contributed by atoms with Crippen LogP contribution < -0.4 is 20.6 Å². The zero-order chi connectivity index (χ0) is 25.5. The van der Waals surface area contributed by atoms with Crippen molar-refractivity contribution in [2.24, 2.45) is 5.92 Å². The summed E-state index contributed by atoms with van der Waals surface area (Å²) in [5, 5.41) is 26.3. The Kier molecular flexibility index (Phi) is 6.80. The largest absolute Gasteiger partial charge is 0.497 e. The summed E-state index contributed by atoms with van der Waals surface area (Å²) in [5.74, 6) is -0.162. The van der Waals surface area contributed by atoms with E-state index in [1.807, 2.05) is 12.1 Å². The van der Waals surface area contributed by atoms with Crippen molar-refractivity contribution in [3.63, 3.8) is 0 Å². The summed E-state index contributed by atoms with van der Waals surface area (Å²) < 4.78 is 12.0. The number of aliphatic hydroxyl groups excluding tert-OH is 2. The molecule has 9 heteroatoms.